The van der Waals surface area contributed by atoms with Gasteiger partial charge in [-0.1, -0.05) is 96.8 Å². The fourth-order valence-corrected chi connectivity index (χ4v) is 8.88. The standard InChI is InChI=1S/C26H38Br2O2Si2/c1-25(2,3)31(6,7)29-24-22-16-18(28)14-15-20(22)19-12-10-11-13-21(19)23(24)30-32(8,9)26(4,5)17-27/h10-16,23-24H,17H2,1-9H3. The average molecular weight is 599 g/mol. The van der Waals surface area contributed by atoms with E-state index in [1.165, 1.54) is 22.3 Å². The molecule has 0 radical (unpaired) electrons. The maximum absolute atomic E-state index is 7.22. The summed E-state index contributed by atoms with van der Waals surface area (Å²) in [4.78, 5) is 0. The lowest BCUT2D eigenvalue weighted by Crippen LogP contribution is -2.48. The average Bonchev–Trinajstić information content (AvgIpc) is 2.69. The Kier molecular flexibility index (Phi) is 7.48. The molecule has 32 heavy (non-hydrogen) atoms. The lowest BCUT2D eigenvalue weighted by atomic mass is 9.82. The number of hydrogen-bond acceptors (Lipinski definition) is 2. The van der Waals surface area contributed by atoms with Crippen LogP contribution >= 0.6 is 31.9 Å². The molecule has 0 saturated heterocycles. The summed E-state index contributed by atoms with van der Waals surface area (Å²) >= 11 is 7.47. The van der Waals surface area contributed by atoms with Crippen LogP contribution in [0.25, 0.3) is 11.1 Å². The summed E-state index contributed by atoms with van der Waals surface area (Å²) in [6.07, 6.45) is -0.252. The zero-order valence-corrected chi connectivity index (χ0v) is 26.1. The van der Waals surface area contributed by atoms with Crippen molar-refractivity contribution in [3.05, 3.63) is 58.1 Å². The zero-order valence-electron chi connectivity index (χ0n) is 21.0. The van der Waals surface area contributed by atoms with Gasteiger partial charge in [-0.2, -0.15) is 0 Å². The van der Waals surface area contributed by atoms with Gasteiger partial charge in [0.25, 0.3) is 0 Å². The van der Waals surface area contributed by atoms with Gasteiger partial charge in [-0.3, -0.25) is 0 Å². The van der Waals surface area contributed by atoms with E-state index in [1.807, 2.05) is 0 Å². The van der Waals surface area contributed by atoms with E-state index in [0.717, 1.165) is 9.80 Å². The van der Waals surface area contributed by atoms with Gasteiger partial charge in [0.2, 0.25) is 0 Å². The zero-order chi connectivity index (χ0) is 24.1. The Labute approximate surface area is 214 Å². The van der Waals surface area contributed by atoms with Crippen molar-refractivity contribution in [1.82, 2.24) is 0 Å². The highest BCUT2D eigenvalue weighted by molar-refractivity contribution is 9.10. The molecule has 2 aromatic rings. The molecular formula is C26H38Br2O2Si2. The predicted molar refractivity (Wildman–Crippen MR) is 150 cm³/mol. The van der Waals surface area contributed by atoms with Crippen LogP contribution in [0.3, 0.4) is 0 Å². The topological polar surface area (TPSA) is 18.5 Å². The molecule has 1 aliphatic carbocycles. The van der Waals surface area contributed by atoms with Crippen LogP contribution in [-0.4, -0.2) is 22.0 Å². The highest BCUT2D eigenvalue weighted by atomic mass is 79.9. The molecule has 2 nitrogen and oxygen atoms in total. The summed E-state index contributed by atoms with van der Waals surface area (Å²) < 4.78 is 15.5. The van der Waals surface area contributed by atoms with Crippen molar-refractivity contribution in [2.45, 2.75) is 83.1 Å². The smallest absolute Gasteiger partial charge is 0.194 e. The van der Waals surface area contributed by atoms with E-state index in [1.54, 1.807) is 0 Å². The fraction of sp³-hybridized carbons (Fsp3) is 0.538. The highest BCUT2D eigenvalue weighted by Crippen LogP contribution is 2.54. The van der Waals surface area contributed by atoms with Crippen molar-refractivity contribution in [2.75, 3.05) is 5.33 Å². The van der Waals surface area contributed by atoms with Crippen molar-refractivity contribution in [3.63, 3.8) is 0 Å². The molecule has 0 aromatic heterocycles. The molecule has 0 amide bonds. The van der Waals surface area contributed by atoms with Gasteiger partial charge in [-0.25, -0.2) is 0 Å². The second-order valence-electron chi connectivity index (χ2n) is 11.7. The van der Waals surface area contributed by atoms with Crippen LogP contribution in [0.5, 0.6) is 0 Å². The Morgan fingerprint density at radius 2 is 1.31 bits per heavy atom. The minimum atomic E-state index is -2.11. The van der Waals surface area contributed by atoms with Gasteiger partial charge in [-0.05, 0) is 70.7 Å². The maximum atomic E-state index is 7.22. The first kappa shape index (κ1) is 26.4. The second-order valence-corrected chi connectivity index (χ2v) is 22.5. The molecule has 0 N–H and O–H groups in total. The molecule has 2 unspecified atom stereocenters. The predicted octanol–water partition coefficient (Wildman–Crippen LogP) is 9.63. The Hall–Kier alpha value is -0.246. The first-order valence-electron chi connectivity index (χ1n) is 11.4. The van der Waals surface area contributed by atoms with Crippen LogP contribution in [-0.2, 0) is 8.85 Å². The molecule has 0 fully saturated rings. The lowest BCUT2D eigenvalue weighted by Gasteiger charge is -2.48. The molecule has 2 atom stereocenters. The summed E-state index contributed by atoms with van der Waals surface area (Å²) in [5.41, 5.74) is 4.99. The molecule has 176 valence electrons. The van der Waals surface area contributed by atoms with E-state index in [2.05, 4.69) is 135 Å². The second kappa shape index (κ2) is 9.08. The maximum Gasteiger partial charge on any atom is 0.194 e. The van der Waals surface area contributed by atoms with E-state index < -0.39 is 16.6 Å². The third-order valence-corrected chi connectivity index (χ3v) is 18.9. The van der Waals surface area contributed by atoms with Gasteiger partial charge >= 0.3 is 0 Å². The number of fused-ring (bicyclic) bond motifs is 3. The molecule has 0 bridgehead atoms. The number of benzene rings is 2. The summed E-state index contributed by atoms with van der Waals surface area (Å²) in [6, 6.07) is 15.3. The van der Waals surface area contributed by atoms with Crippen LogP contribution in [0, 0.1) is 0 Å². The molecule has 3 rings (SSSR count). The van der Waals surface area contributed by atoms with Crippen molar-refractivity contribution < 1.29 is 8.85 Å². The minimum Gasteiger partial charge on any atom is -0.407 e. The number of alkyl halides is 1. The van der Waals surface area contributed by atoms with Gasteiger partial charge < -0.3 is 8.85 Å². The minimum absolute atomic E-state index is 0.0843. The first-order chi connectivity index (χ1) is 14.6. The van der Waals surface area contributed by atoms with Gasteiger partial charge in [0.15, 0.2) is 16.6 Å². The molecule has 6 heteroatoms. The van der Waals surface area contributed by atoms with Gasteiger partial charge in [0.1, 0.15) is 12.2 Å². The largest absolute Gasteiger partial charge is 0.407 e. The third-order valence-electron chi connectivity index (χ3n) is 7.77. The number of hydrogen-bond donors (Lipinski definition) is 0. The Balaban J connectivity index is 2.21. The Bertz CT molecular complexity index is 980. The van der Waals surface area contributed by atoms with Crippen molar-refractivity contribution >= 4 is 48.5 Å². The van der Waals surface area contributed by atoms with E-state index in [4.69, 9.17) is 8.85 Å². The van der Waals surface area contributed by atoms with E-state index in [-0.39, 0.29) is 22.3 Å². The Morgan fingerprint density at radius 3 is 1.91 bits per heavy atom. The number of halogens is 2. The normalized spacial score (nSPS) is 19.5. The molecule has 0 spiro atoms. The molecule has 0 saturated carbocycles. The monoisotopic (exact) mass is 596 g/mol. The Morgan fingerprint density at radius 1 is 0.781 bits per heavy atom. The van der Waals surface area contributed by atoms with Crippen molar-refractivity contribution in [1.29, 1.82) is 0 Å². The molecule has 2 aromatic carbocycles. The molecule has 1 aliphatic rings. The van der Waals surface area contributed by atoms with Crippen LogP contribution in [0.1, 0.15) is 58.0 Å². The van der Waals surface area contributed by atoms with Crippen molar-refractivity contribution in [2.24, 2.45) is 0 Å². The summed E-state index contributed by atoms with van der Waals surface area (Å²) in [6.45, 7) is 20.9. The lowest BCUT2D eigenvalue weighted by molar-refractivity contribution is 0.0320. The van der Waals surface area contributed by atoms with E-state index in [0.29, 0.717) is 0 Å². The highest BCUT2D eigenvalue weighted by Gasteiger charge is 2.48. The van der Waals surface area contributed by atoms with Crippen LogP contribution in [0.15, 0.2) is 46.9 Å². The van der Waals surface area contributed by atoms with Crippen LogP contribution in [0.2, 0.25) is 36.3 Å². The van der Waals surface area contributed by atoms with Gasteiger partial charge in [-0.15, -0.1) is 0 Å². The molecular weight excluding hydrogens is 560 g/mol. The van der Waals surface area contributed by atoms with Gasteiger partial charge in [0, 0.05) is 9.80 Å². The molecule has 0 aliphatic heterocycles. The summed E-state index contributed by atoms with van der Waals surface area (Å²) in [5.74, 6) is 0. The van der Waals surface area contributed by atoms with Crippen LogP contribution < -0.4 is 0 Å². The van der Waals surface area contributed by atoms with E-state index in [9.17, 15) is 0 Å². The SMILES string of the molecule is CC(C)(C)[Si](C)(C)OC1c2cc(Br)ccc2-c2ccccc2C1O[Si](C)(C)C(C)(C)CBr. The quantitative estimate of drug-likeness (QED) is 0.244. The molecule has 0 heterocycles. The summed E-state index contributed by atoms with van der Waals surface area (Å²) in [7, 11) is -4.17. The third kappa shape index (κ3) is 4.91. The van der Waals surface area contributed by atoms with E-state index >= 15 is 0 Å². The first-order valence-corrected chi connectivity index (χ1v) is 19.1. The summed E-state index contributed by atoms with van der Waals surface area (Å²) in [5, 5.41) is 1.12. The number of rotatable bonds is 6. The van der Waals surface area contributed by atoms with Gasteiger partial charge in [0.05, 0.1) is 0 Å². The fourth-order valence-electron chi connectivity index (χ4n) is 3.71. The van der Waals surface area contributed by atoms with Crippen molar-refractivity contribution in [3.8, 4) is 11.1 Å². The van der Waals surface area contributed by atoms with Crippen LogP contribution in [0.4, 0.5) is 0 Å².